The summed E-state index contributed by atoms with van der Waals surface area (Å²) in [6, 6.07) is 13.8. The number of nitrogen functional groups attached to an aromatic ring is 2. The second-order valence-electron chi connectivity index (χ2n) is 3.44. The number of halogens is 1. The van der Waals surface area contributed by atoms with Crippen molar-refractivity contribution < 1.29 is 0 Å². The molecule has 4 N–H and O–H groups in total. The van der Waals surface area contributed by atoms with Crippen molar-refractivity contribution >= 4 is 24.0 Å². The minimum atomic E-state index is 0. The number of benzene rings is 1. The molecule has 2 aromatic rings. The average molecular weight is 236 g/mol. The van der Waals surface area contributed by atoms with Crippen LogP contribution in [0.25, 0.3) is 0 Å². The first kappa shape index (κ1) is 12.3. The summed E-state index contributed by atoms with van der Waals surface area (Å²) in [5.74, 6) is 0.975. The van der Waals surface area contributed by atoms with Crippen LogP contribution in [0, 0.1) is 0 Å². The molecule has 0 atom stereocenters. The van der Waals surface area contributed by atoms with E-state index in [4.69, 9.17) is 11.5 Å². The van der Waals surface area contributed by atoms with Gasteiger partial charge in [-0.1, -0.05) is 36.4 Å². The Morgan fingerprint density at radius 2 is 1.62 bits per heavy atom. The van der Waals surface area contributed by atoms with Crippen molar-refractivity contribution in [3.8, 4) is 0 Å². The van der Waals surface area contributed by atoms with Crippen LogP contribution >= 0.6 is 12.4 Å². The Hall–Kier alpha value is -1.74. The van der Waals surface area contributed by atoms with Crippen LogP contribution in [-0.2, 0) is 6.42 Å². The molecule has 0 bridgehead atoms. The third-order valence-corrected chi connectivity index (χ3v) is 2.27. The molecule has 0 amide bonds. The molecule has 0 radical (unpaired) electrons. The van der Waals surface area contributed by atoms with Gasteiger partial charge in [0.1, 0.15) is 11.6 Å². The highest BCUT2D eigenvalue weighted by molar-refractivity contribution is 5.85. The molecule has 0 saturated carbocycles. The van der Waals surface area contributed by atoms with Crippen LogP contribution in [0.5, 0.6) is 0 Å². The van der Waals surface area contributed by atoms with E-state index in [2.05, 4.69) is 17.1 Å². The third kappa shape index (κ3) is 2.87. The van der Waals surface area contributed by atoms with E-state index in [0.717, 1.165) is 12.0 Å². The summed E-state index contributed by atoms with van der Waals surface area (Å²) < 4.78 is 0. The van der Waals surface area contributed by atoms with Crippen molar-refractivity contribution in [2.75, 3.05) is 11.5 Å². The van der Waals surface area contributed by atoms with E-state index in [-0.39, 0.29) is 12.4 Å². The normalized spacial score (nSPS) is 9.50. The molecule has 0 aliphatic rings. The molecule has 0 aliphatic heterocycles. The monoisotopic (exact) mass is 235 g/mol. The lowest BCUT2D eigenvalue weighted by Gasteiger charge is -2.05. The molecule has 4 heteroatoms. The van der Waals surface area contributed by atoms with Gasteiger partial charge in [0, 0.05) is 6.42 Å². The smallest absolute Gasteiger partial charge is 0.129 e. The molecule has 0 fully saturated rings. The van der Waals surface area contributed by atoms with Crippen molar-refractivity contribution in [3.63, 3.8) is 0 Å². The van der Waals surface area contributed by atoms with Gasteiger partial charge in [0.25, 0.3) is 0 Å². The molecule has 0 saturated heterocycles. The predicted molar refractivity (Wildman–Crippen MR) is 69.6 cm³/mol. The van der Waals surface area contributed by atoms with Crippen molar-refractivity contribution in [3.05, 3.63) is 53.6 Å². The largest absolute Gasteiger partial charge is 0.384 e. The summed E-state index contributed by atoms with van der Waals surface area (Å²) in [5.41, 5.74) is 13.5. The zero-order valence-corrected chi connectivity index (χ0v) is 9.58. The van der Waals surface area contributed by atoms with Crippen LogP contribution in [0.4, 0.5) is 11.6 Å². The van der Waals surface area contributed by atoms with Crippen molar-refractivity contribution in [1.82, 2.24) is 4.98 Å². The van der Waals surface area contributed by atoms with Gasteiger partial charge in [0.15, 0.2) is 0 Å². The highest BCUT2D eigenvalue weighted by atomic mass is 35.5. The maximum Gasteiger partial charge on any atom is 0.129 e. The highest BCUT2D eigenvalue weighted by Crippen LogP contribution is 2.15. The first-order valence-corrected chi connectivity index (χ1v) is 4.80. The molecule has 84 valence electrons. The van der Waals surface area contributed by atoms with Gasteiger partial charge in [-0.25, -0.2) is 4.98 Å². The molecular weight excluding hydrogens is 222 g/mol. The number of nitrogens with two attached hydrogens (primary N) is 2. The Morgan fingerprint density at radius 1 is 0.938 bits per heavy atom. The summed E-state index contributed by atoms with van der Waals surface area (Å²) in [5, 5.41) is 0. The van der Waals surface area contributed by atoms with E-state index in [1.54, 1.807) is 6.07 Å². The fourth-order valence-corrected chi connectivity index (χ4v) is 1.48. The first-order chi connectivity index (χ1) is 7.25. The van der Waals surface area contributed by atoms with Crippen LogP contribution in [0.3, 0.4) is 0 Å². The number of hydrogen-bond acceptors (Lipinski definition) is 3. The van der Waals surface area contributed by atoms with E-state index in [9.17, 15) is 0 Å². The van der Waals surface area contributed by atoms with Gasteiger partial charge in [0.05, 0.1) is 0 Å². The Kier molecular flexibility index (Phi) is 4.14. The van der Waals surface area contributed by atoms with Crippen LogP contribution in [-0.4, -0.2) is 4.98 Å². The van der Waals surface area contributed by atoms with Gasteiger partial charge in [-0.3, -0.25) is 0 Å². The van der Waals surface area contributed by atoms with Gasteiger partial charge in [-0.15, -0.1) is 12.4 Å². The summed E-state index contributed by atoms with van der Waals surface area (Å²) in [6.07, 6.45) is 0.792. The predicted octanol–water partition coefficient (Wildman–Crippen LogP) is 2.26. The number of aromatic nitrogens is 1. The highest BCUT2D eigenvalue weighted by Gasteiger charge is 2.01. The number of nitrogens with zero attached hydrogens (tertiary/aromatic N) is 1. The number of hydrogen-bond donors (Lipinski definition) is 2. The molecule has 0 aliphatic carbocycles. The number of rotatable bonds is 2. The Balaban J connectivity index is 0.00000128. The fraction of sp³-hybridized carbons (Fsp3) is 0.0833. The molecule has 0 spiro atoms. The molecular formula is C12H14ClN3. The van der Waals surface area contributed by atoms with Gasteiger partial charge in [-0.2, -0.15) is 0 Å². The van der Waals surface area contributed by atoms with E-state index in [0.29, 0.717) is 11.6 Å². The van der Waals surface area contributed by atoms with Crippen molar-refractivity contribution in [2.45, 2.75) is 6.42 Å². The topological polar surface area (TPSA) is 64.9 Å². The summed E-state index contributed by atoms with van der Waals surface area (Å²) in [4.78, 5) is 4.03. The fourth-order valence-electron chi connectivity index (χ4n) is 1.48. The van der Waals surface area contributed by atoms with Crippen LogP contribution in [0.2, 0.25) is 0 Å². The zero-order valence-electron chi connectivity index (χ0n) is 8.76. The molecule has 1 heterocycles. The summed E-state index contributed by atoms with van der Waals surface area (Å²) >= 11 is 0. The Labute approximate surface area is 101 Å². The SMILES string of the molecule is Cl.Nc1ccc(Cc2ccccc2)c(N)n1. The maximum atomic E-state index is 5.78. The standard InChI is InChI=1S/C12H13N3.ClH/c13-11-7-6-10(12(14)15-11)8-9-4-2-1-3-5-9;/h1-7H,8H2,(H4,13,14,15);1H. The van der Waals surface area contributed by atoms with Gasteiger partial charge in [-0.05, 0) is 17.2 Å². The number of pyridine rings is 1. The van der Waals surface area contributed by atoms with Gasteiger partial charge < -0.3 is 11.5 Å². The van der Waals surface area contributed by atoms with E-state index in [1.165, 1.54) is 5.56 Å². The van der Waals surface area contributed by atoms with Crippen molar-refractivity contribution in [1.29, 1.82) is 0 Å². The maximum absolute atomic E-state index is 5.78. The molecule has 2 rings (SSSR count). The minimum absolute atomic E-state index is 0. The van der Waals surface area contributed by atoms with Gasteiger partial charge >= 0.3 is 0 Å². The van der Waals surface area contributed by atoms with E-state index < -0.39 is 0 Å². The number of anilines is 2. The lowest BCUT2D eigenvalue weighted by Crippen LogP contribution is -2.01. The minimum Gasteiger partial charge on any atom is -0.384 e. The Morgan fingerprint density at radius 3 is 2.25 bits per heavy atom. The third-order valence-electron chi connectivity index (χ3n) is 2.27. The summed E-state index contributed by atoms with van der Waals surface area (Å²) in [7, 11) is 0. The van der Waals surface area contributed by atoms with Crippen LogP contribution < -0.4 is 11.5 Å². The first-order valence-electron chi connectivity index (χ1n) is 4.80. The molecule has 16 heavy (non-hydrogen) atoms. The quantitative estimate of drug-likeness (QED) is 0.839. The molecule has 3 nitrogen and oxygen atoms in total. The second kappa shape index (κ2) is 5.37. The van der Waals surface area contributed by atoms with E-state index in [1.807, 2.05) is 24.3 Å². The van der Waals surface area contributed by atoms with Crippen LogP contribution in [0.15, 0.2) is 42.5 Å². The second-order valence-corrected chi connectivity index (χ2v) is 3.44. The molecule has 1 aromatic heterocycles. The lowest BCUT2D eigenvalue weighted by molar-refractivity contribution is 1.16. The molecule has 1 aromatic carbocycles. The Bertz CT molecular complexity index is 457. The van der Waals surface area contributed by atoms with Crippen LogP contribution in [0.1, 0.15) is 11.1 Å². The summed E-state index contributed by atoms with van der Waals surface area (Å²) in [6.45, 7) is 0. The van der Waals surface area contributed by atoms with E-state index >= 15 is 0 Å². The molecule has 0 unspecified atom stereocenters. The average Bonchev–Trinajstić information content (AvgIpc) is 2.24. The van der Waals surface area contributed by atoms with Crippen molar-refractivity contribution in [2.24, 2.45) is 0 Å². The lowest BCUT2D eigenvalue weighted by atomic mass is 10.1. The zero-order chi connectivity index (χ0) is 10.7. The van der Waals surface area contributed by atoms with Gasteiger partial charge in [0.2, 0.25) is 0 Å².